The van der Waals surface area contributed by atoms with E-state index in [4.69, 9.17) is 11.5 Å². The molecule has 0 aromatic rings. The van der Waals surface area contributed by atoms with Gasteiger partial charge in [0.05, 0.1) is 6.04 Å². The van der Waals surface area contributed by atoms with Crippen molar-refractivity contribution in [2.45, 2.75) is 25.4 Å². The number of primary amides is 1. The van der Waals surface area contributed by atoms with Gasteiger partial charge in [-0.2, -0.15) is 0 Å². The van der Waals surface area contributed by atoms with Crippen molar-refractivity contribution in [2.24, 2.45) is 11.5 Å². The molecule has 0 aromatic heterocycles. The first-order valence-electron chi connectivity index (χ1n) is 5.48. The van der Waals surface area contributed by atoms with Crippen molar-refractivity contribution in [3.63, 3.8) is 0 Å². The molecule has 0 spiro atoms. The fraction of sp³-hybridized carbons (Fsp3) is 0.900. The molecule has 2 unspecified atom stereocenters. The topological polar surface area (TPSA) is 75.6 Å². The second kappa shape index (κ2) is 5.44. The molecule has 0 radical (unpaired) electrons. The number of hydrogen-bond acceptors (Lipinski definition) is 4. The Morgan fingerprint density at radius 2 is 2.20 bits per heavy atom. The van der Waals surface area contributed by atoms with Gasteiger partial charge in [-0.1, -0.05) is 0 Å². The molecule has 2 atom stereocenters. The smallest absolute Gasteiger partial charge is 0.234 e. The Balaban J connectivity index is 2.29. The third-order valence-electron chi connectivity index (χ3n) is 3.06. The molecule has 5 heteroatoms. The summed E-state index contributed by atoms with van der Waals surface area (Å²) in [5.41, 5.74) is 10.7. The Kier molecular flexibility index (Phi) is 4.50. The van der Waals surface area contributed by atoms with Gasteiger partial charge in [0, 0.05) is 32.2 Å². The van der Waals surface area contributed by atoms with Crippen LogP contribution in [0, 0.1) is 0 Å². The Morgan fingerprint density at radius 3 is 2.73 bits per heavy atom. The molecule has 1 aliphatic heterocycles. The number of piperazine rings is 1. The molecular weight excluding hydrogens is 192 g/mol. The van der Waals surface area contributed by atoms with Crippen molar-refractivity contribution in [3.05, 3.63) is 0 Å². The van der Waals surface area contributed by atoms with Crippen molar-refractivity contribution < 1.29 is 4.79 Å². The first-order chi connectivity index (χ1) is 7.00. The summed E-state index contributed by atoms with van der Waals surface area (Å²) in [4.78, 5) is 15.5. The highest BCUT2D eigenvalue weighted by atomic mass is 16.1. The highest BCUT2D eigenvalue weighted by molar-refractivity contribution is 5.79. The zero-order chi connectivity index (χ0) is 11.4. The lowest BCUT2D eigenvalue weighted by Gasteiger charge is -2.38. The summed E-state index contributed by atoms with van der Waals surface area (Å²) in [7, 11) is 2.13. The molecule has 5 nitrogen and oxygen atoms in total. The summed E-state index contributed by atoms with van der Waals surface area (Å²) in [6.45, 7) is 6.26. The van der Waals surface area contributed by atoms with Crippen LogP contribution >= 0.6 is 0 Å². The molecule has 1 rings (SSSR count). The third-order valence-corrected chi connectivity index (χ3v) is 3.06. The van der Waals surface area contributed by atoms with E-state index >= 15 is 0 Å². The molecule has 4 N–H and O–H groups in total. The number of likely N-dealkylation sites (N-methyl/N-ethyl adjacent to an activating group) is 1. The number of nitrogens with zero attached hydrogens (tertiary/aromatic N) is 2. The standard InChI is InChI=1S/C10H22N4O/c1-8-7-13(2)5-6-14(8)4-3-9(11)10(12)15/h8-9H,3-7,11H2,1-2H3,(H2,12,15). The van der Waals surface area contributed by atoms with Crippen LogP contribution in [0.15, 0.2) is 0 Å². The lowest BCUT2D eigenvalue weighted by Crippen LogP contribution is -2.51. The van der Waals surface area contributed by atoms with E-state index in [1.54, 1.807) is 0 Å². The molecule has 0 bridgehead atoms. The van der Waals surface area contributed by atoms with E-state index in [0.717, 1.165) is 26.2 Å². The first kappa shape index (κ1) is 12.4. The van der Waals surface area contributed by atoms with Gasteiger partial charge in [-0.05, 0) is 20.4 Å². The van der Waals surface area contributed by atoms with Crippen molar-refractivity contribution in [3.8, 4) is 0 Å². The predicted octanol–water partition coefficient (Wildman–Crippen LogP) is -1.17. The van der Waals surface area contributed by atoms with Crippen LogP contribution in [0.5, 0.6) is 0 Å². The van der Waals surface area contributed by atoms with Gasteiger partial charge in [0.15, 0.2) is 0 Å². The molecule has 1 saturated heterocycles. The summed E-state index contributed by atoms with van der Waals surface area (Å²) in [5, 5.41) is 0. The van der Waals surface area contributed by atoms with Crippen molar-refractivity contribution in [2.75, 3.05) is 33.2 Å². The van der Waals surface area contributed by atoms with Crippen LogP contribution in [0.2, 0.25) is 0 Å². The van der Waals surface area contributed by atoms with Crippen LogP contribution in [-0.2, 0) is 4.79 Å². The van der Waals surface area contributed by atoms with Gasteiger partial charge in [-0.15, -0.1) is 0 Å². The molecule has 0 saturated carbocycles. The molecule has 0 aromatic carbocycles. The predicted molar refractivity (Wildman–Crippen MR) is 60.3 cm³/mol. The number of carbonyl (C=O) groups is 1. The van der Waals surface area contributed by atoms with Crippen molar-refractivity contribution in [1.29, 1.82) is 0 Å². The largest absolute Gasteiger partial charge is 0.368 e. The maximum Gasteiger partial charge on any atom is 0.234 e. The zero-order valence-electron chi connectivity index (χ0n) is 9.65. The summed E-state index contributed by atoms with van der Waals surface area (Å²) < 4.78 is 0. The van der Waals surface area contributed by atoms with Gasteiger partial charge in [0.2, 0.25) is 5.91 Å². The van der Waals surface area contributed by atoms with Crippen LogP contribution < -0.4 is 11.5 Å². The van der Waals surface area contributed by atoms with E-state index < -0.39 is 11.9 Å². The number of carbonyl (C=O) groups excluding carboxylic acids is 1. The normalized spacial score (nSPS) is 26.5. The zero-order valence-corrected chi connectivity index (χ0v) is 9.65. The Bertz CT molecular complexity index is 221. The molecule has 1 aliphatic rings. The minimum atomic E-state index is -0.503. The summed E-state index contributed by atoms with van der Waals surface area (Å²) in [6.07, 6.45) is 0.656. The van der Waals surface area contributed by atoms with Crippen molar-refractivity contribution in [1.82, 2.24) is 9.80 Å². The van der Waals surface area contributed by atoms with E-state index in [9.17, 15) is 4.79 Å². The molecule has 15 heavy (non-hydrogen) atoms. The fourth-order valence-electron chi connectivity index (χ4n) is 1.96. The molecule has 88 valence electrons. The van der Waals surface area contributed by atoms with Crippen LogP contribution in [0.3, 0.4) is 0 Å². The highest BCUT2D eigenvalue weighted by Crippen LogP contribution is 2.08. The monoisotopic (exact) mass is 214 g/mol. The van der Waals surface area contributed by atoms with Gasteiger partial charge >= 0.3 is 0 Å². The second-order valence-corrected chi connectivity index (χ2v) is 4.44. The van der Waals surface area contributed by atoms with Gasteiger partial charge in [-0.25, -0.2) is 0 Å². The maximum atomic E-state index is 10.8. The number of nitrogens with two attached hydrogens (primary N) is 2. The average Bonchev–Trinajstić information content (AvgIpc) is 2.15. The third kappa shape index (κ3) is 3.77. The van der Waals surface area contributed by atoms with Gasteiger partial charge in [0.25, 0.3) is 0 Å². The molecule has 0 aliphatic carbocycles. The Hall–Kier alpha value is -0.650. The first-order valence-corrected chi connectivity index (χ1v) is 5.48. The Labute approximate surface area is 91.4 Å². The highest BCUT2D eigenvalue weighted by Gasteiger charge is 2.22. The Morgan fingerprint density at radius 1 is 1.53 bits per heavy atom. The van der Waals surface area contributed by atoms with Crippen LogP contribution in [0.4, 0.5) is 0 Å². The molecule has 1 amide bonds. The lowest BCUT2D eigenvalue weighted by molar-refractivity contribution is -0.119. The molecule has 1 heterocycles. The van der Waals surface area contributed by atoms with Crippen molar-refractivity contribution >= 4 is 5.91 Å². The summed E-state index contributed by atoms with van der Waals surface area (Å²) in [5.74, 6) is -0.406. The summed E-state index contributed by atoms with van der Waals surface area (Å²) >= 11 is 0. The van der Waals surface area contributed by atoms with E-state index in [-0.39, 0.29) is 0 Å². The summed E-state index contributed by atoms with van der Waals surface area (Å²) in [6, 6.07) is 0.0284. The van der Waals surface area contributed by atoms with Crippen LogP contribution in [0.1, 0.15) is 13.3 Å². The second-order valence-electron chi connectivity index (χ2n) is 4.44. The average molecular weight is 214 g/mol. The number of amides is 1. The van der Waals surface area contributed by atoms with E-state index in [0.29, 0.717) is 12.5 Å². The quantitative estimate of drug-likeness (QED) is 0.618. The lowest BCUT2D eigenvalue weighted by atomic mass is 10.1. The minimum absolute atomic E-state index is 0.406. The van der Waals surface area contributed by atoms with Gasteiger partial charge < -0.3 is 16.4 Å². The number of hydrogen-bond donors (Lipinski definition) is 2. The fourth-order valence-corrected chi connectivity index (χ4v) is 1.96. The van der Waals surface area contributed by atoms with E-state index in [1.807, 2.05) is 0 Å². The van der Waals surface area contributed by atoms with E-state index in [1.165, 1.54) is 0 Å². The maximum absolute atomic E-state index is 10.8. The van der Waals surface area contributed by atoms with Gasteiger partial charge in [-0.3, -0.25) is 9.69 Å². The van der Waals surface area contributed by atoms with Crippen LogP contribution in [-0.4, -0.2) is 61.0 Å². The number of rotatable bonds is 4. The minimum Gasteiger partial charge on any atom is -0.368 e. The molecule has 1 fully saturated rings. The SMILES string of the molecule is CC1CN(C)CCN1CCC(N)C(N)=O. The van der Waals surface area contributed by atoms with Gasteiger partial charge in [0.1, 0.15) is 0 Å². The van der Waals surface area contributed by atoms with Crippen LogP contribution in [0.25, 0.3) is 0 Å². The van der Waals surface area contributed by atoms with E-state index in [2.05, 4.69) is 23.8 Å². The molecular formula is C10H22N4O.